The second-order valence-corrected chi connectivity index (χ2v) is 7.06. The highest BCUT2D eigenvalue weighted by Crippen LogP contribution is 2.29. The largest absolute Gasteiger partial charge is 0.358 e. The van der Waals surface area contributed by atoms with E-state index >= 15 is 0 Å². The summed E-state index contributed by atoms with van der Waals surface area (Å²) in [5.74, 6) is 0.566. The monoisotopic (exact) mass is 372 g/mol. The Morgan fingerprint density at radius 1 is 1.21 bits per heavy atom. The molecule has 3 aromatic heterocycles. The van der Waals surface area contributed by atoms with Crippen molar-refractivity contribution in [3.63, 3.8) is 0 Å². The van der Waals surface area contributed by atoms with Crippen molar-refractivity contribution in [1.82, 2.24) is 30.0 Å². The van der Waals surface area contributed by atoms with E-state index in [2.05, 4.69) is 25.4 Å². The minimum Gasteiger partial charge on any atom is -0.358 e. The van der Waals surface area contributed by atoms with Crippen LogP contribution in [0.3, 0.4) is 0 Å². The van der Waals surface area contributed by atoms with E-state index in [0.29, 0.717) is 17.9 Å². The fraction of sp³-hybridized carbons (Fsp3) is 0.238. The fourth-order valence-electron chi connectivity index (χ4n) is 3.92. The van der Waals surface area contributed by atoms with Gasteiger partial charge in [0.05, 0.1) is 0 Å². The molecule has 0 spiro atoms. The van der Waals surface area contributed by atoms with Crippen LogP contribution in [0.15, 0.2) is 49.2 Å². The predicted octanol–water partition coefficient (Wildman–Crippen LogP) is 2.95. The van der Waals surface area contributed by atoms with Crippen LogP contribution in [0.4, 0.5) is 0 Å². The lowest BCUT2D eigenvalue weighted by atomic mass is 9.95. The zero-order valence-electron chi connectivity index (χ0n) is 15.4. The van der Waals surface area contributed by atoms with E-state index in [1.165, 1.54) is 35.8 Å². The lowest BCUT2D eigenvalue weighted by Crippen LogP contribution is -2.23. The molecule has 7 nitrogen and oxygen atoms in total. The van der Waals surface area contributed by atoms with E-state index in [-0.39, 0.29) is 5.91 Å². The Bertz CT molecular complexity index is 1150. The number of hydrogen-bond acceptors (Lipinski definition) is 4. The Kier molecular flexibility index (Phi) is 4.12. The fourth-order valence-corrected chi connectivity index (χ4v) is 3.92. The molecule has 28 heavy (non-hydrogen) atoms. The van der Waals surface area contributed by atoms with Gasteiger partial charge < -0.3 is 10.3 Å². The van der Waals surface area contributed by atoms with E-state index in [1.807, 2.05) is 30.3 Å². The summed E-state index contributed by atoms with van der Waals surface area (Å²) in [5.41, 5.74) is 5.36. The number of hydrogen-bond donors (Lipinski definition) is 2. The Balaban J connectivity index is 1.38. The van der Waals surface area contributed by atoms with Gasteiger partial charge in [-0.3, -0.25) is 4.79 Å². The normalized spacial score (nSPS) is 13.4. The van der Waals surface area contributed by atoms with Crippen molar-refractivity contribution in [1.29, 1.82) is 0 Å². The van der Waals surface area contributed by atoms with Crippen LogP contribution in [0.1, 0.15) is 40.0 Å². The van der Waals surface area contributed by atoms with Gasteiger partial charge in [-0.05, 0) is 55.5 Å². The van der Waals surface area contributed by atoms with Crippen molar-refractivity contribution >= 4 is 16.8 Å². The molecule has 2 N–H and O–H groups in total. The second kappa shape index (κ2) is 6.92. The van der Waals surface area contributed by atoms with Crippen LogP contribution in [0.25, 0.3) is 16.7 Å². The number of carbonyl (C=O) groups excluding carboxylic acids is 1. The first-order valence-corrected chi connectivity index (χ1v) is 9.50. The van der Waals surface area contributed by atoms with Gasteiger partial charge in [0.2, 0.25) is 0 Å². The molecule has 5 rings (SSSR count). The molecule has 4 aromatic rings. The van der Waals surface area contributed by atoms with E-state index in [0.717, 1.165) is 23.9 Å². The molecule has 0 atom stereocenters. The third-order valence-corrected chi connectivity index (χ3v) is 5.30. The summed E-state index contributed by atoms with van der Waals surface area (Å²) in [4.78, 5) is 24.6. The number of aromatic amines is 1. The van der Waals surface area contributed by atoms with Gasteiger partial charge in [0.25, 0.3) is 5.91 Å². The van der Waals surface area contributed by atoms with Crippen LogP contribution in [0.2, 0.25) is 0 Å². The molecule has 1 aliphatic rings. The highest BCUT2D eigenvalue weighted by Gasteiger charge is 2.17. The first-order chi connectivity index (χ1) is 13.8. The van der Waals surface area contributed by atoms with Gasteiger partial charge in [-0.2, -0.15) is 5.10 Å². The van der Waals surface area contributed by atoms with Gasteiger partial charge in [0.1, 0.15) is 12.7 Å². The third-order valence-electron chi connectivity index (χ3n) is 5.30. The van der Waals surface area contributed by atoms with Crippen molar-refractivity contribution in [3.05, 3.63) is 71.6 Å². The van der Waals surface area contributed by atoms with Gasteiger partial charge in [-0.1, -0.05) is 6.07 Å². The van der Waals surface area contributed by atoms with Gasteiger partial charge in [0.15, 0.2) is 5.82 Å². The van der Waals surface area contributed by atoms with Crippen LogP contribution in [-0.4, -0.2) is 30.6 Å². The summed E-state index contributed by atoms with van der Waals surface area (Å²) in [6.45, 7) is 0.366. The maximum atomic E-state index is 12.8. The maximum Gasteiger partial charge on any atom is 0.251 e. The van der Waals surface area contributed by atoms with Crippen molar-refractivity contribution in [2.45, 2.75) is 32.2 Å². The second-order valence-electron chi connectivity index (χ2n) is 7.06. The number of fused-ring (bicyclic) bond motifs is 3. The summed E-state index contributed by atoms with van der Waals surface area (Å²) >= 11 is 0. The Morgan fingerprint density at radius 3 is 3.04 bits per heavy atom. The topological polar surface area (TPSA) is 88.5 Å². The Morgan fingerprint density at radius 2 is 2.14 bits per heavy atom. The molecular weight excluding hydrogens is 352 g/mol. The minimum atomic E-state index is -0.0962. The standard InChI is InChI=1S/C21H20N6O/c28-21(24-11-15-4-3-9-23-20(15)27-13-22-12-25-27)14-7-8-19-17(10-14)16-5-1-2-6-18(16)26-19/h3-4,7-10,12-13,26H,1-2,5-6,11H2,(H,24,28). The molecule has 1 amide bonds. The molecular formula is C21H20N6O. The SMILES string of the molecule is O=C(NCc1cccnc1-n1cncn1)c1ccc2[nH]c3c(c2c1)CCCC3. The first kappa shape index (κ1) is 16.7. The number of nitrogens with one attached hydrogen (secondary N) is 2. The Labute approximate surface area is 161 Å². The summed E-state index contributed by atoms with van der Waals surface area (Å²) in [6.07, 6.45) is 9.37. The first-order valence-electron chi connectivity index (χ1n) is 9.50. The summed E-state index contributed by atoms with van der Waals surface area (Å²) in [5, 5.41) is 8.31. The maximum absolute atomic E-state index is 12.8. The highest BCUT2D eigenvalue weighted by molar-refractivity contribution is 5.99. The van der Waals surface area contributed by atoms with Crippen LogP contribution >= 0.6 is 0 Å². The number of aromatic nitrogens is 5. The van der Waals surface area contributed by atoms with E-state index in [9.17, 15) is 4.79 Å². The van der Waals surface area contributed by atoms with Crippen molar-refractivity contribution < 1.29 is 4.79 Å². The van der Waals surface area contributed by atoms with Crippen LogP contribution in [0, 0.1) is 0 Å². The number of H-pyrrole nitrogens is 1. The van der Waals surface area contributed by atoms with Crippen LogP contribution < -0.4 is 5.32 Å². The van der Waals surface area contributed by atoms with Crippen molar-refractivity contribution in [2.75, 3.05) is 0 Å². The number of pyridine rings is 1. The molecule has 0 unspecified atom stereocenters. The van der Waals surface area contributed by atoms with Gasteiger partial charge in [-0.25, -0.2) is 14.6 Å². The average Bonchev–Trinajstić information content (AvgIpc) is 3.39. The number of nitrogens with zero attached hydrogens (tertiary/aromatic N) is 4. The van der Waals surface area contributed by atoms with E-state index in [4.69, 9.17) is 0 Å². The highest BCUT2D eigenvalue weighted by atomic mass is 16.1. The predicted molar refractivity (Wildman–Crippen MR) is 105 cm³/mol. The lowest BCUT2D eigenvalue weighted by Gasteiger charge is -2.11. The van der Waals surface area contributed by atoms with Crippen molar-refractivity contribution in [3.8, 4) is 5.82 Å². The molecule has 7 heteroatoms. The lowest BCUT2D eigenvalue weighted by molar-refractivity contribution is 0.0951. The molecule has 0 saturated heterocycles. The van der Waals surface area contributed by atoms with Crippen LogP contribution in [-0.2, 0) is 19.4 Å². The molecule has 140 valence electrons. The summed E-state index contributed by atoms with van der Waals surface area (Å²) < 4.78 is 1.60. The molecule has 0 saturated carbocycles. The van der Waals surface area contributed by atoms with E-state index < -0.39 is 0 Å². The average molecular weight is 372 g/mol. The van der Waals surface area contributed by atoms with Crippen molar-refractivity contribution in [2.24, 2.45) is 0 Å². The molecule has 0 bridgehead atoms. The smallest absolute Gasteiger partial charge is 0.251 e. The third kappa shape index (κ3) is 2.94. The minimum absolute atomic E-state index is 0.0962. The van der Waals surface area contributed by atoms with Gasteiger partial charge >= 0.3 is 0 Å². The zero-order valence-corrected chi connectivity index (χ0v) is 15.4. The van der Waals surface area contributed by atoms with Gasteiger partial charge in [-0.15, -0.1) is 0 Å². The zero-order chi connectivity index (χ0) is 18.9. The molecule has 3 heterocycles. The summed E-state index contributed by atoms with van der Waals surface area (Å²) in [6, 6.07) is 9.66. The molecule has 0 fully saturated rings. The van der Waals surface area contributed by atoms with Gasteiger partial charge in [0, 0.05) is 40.5 Å². The molecule has 1 aromatic carbocycles. The number of carbonyl (C=O) groups is 1. The number of benzene rings is 1. The Hall–Kier alpha value is -3.48. The quantitative estimate of drug-likeness (QED) is 0.576. The number of amides is 1. The molecule has 1 aliphatic carbocycles. The van der Waals surface area contributed by atoms with Crippen LogP contribution in [0.5, 0.6) is 0 Å². The summed E-state index contributed by atoms with van der Waals surface area (Å²) in [7, 11) is 0. The number of aryl methyl sites for hydroxylation is 2. The molecule has 0 radical (unpaired) electrons. The number of rotatable bonds is 4. The molecule has 0 aliphatic heterocycles. The van der Waals surface area contributed by atoms with E-state index in [1.54, 1.807) is 17.2 Å².